The number of piperidine rings is 1. The largest absolute Gasteiger partial charge is 0.508 e. The van der Waals surface area contributed by atoms with Gasteiger partial charge in [-0.1, -0.05) is 30.3 Å². The number of nitrogens with zero attached hydrogens (tertiary/aromatic N) is 1. The van der Waals surface area contributed by atoms with Crippen LogP contribution in [-0.4, -0.2) is 47.6 Å². The minimum atomic E-state index is 0.0295. The summed E-state index contributed by atoms with van der Waals surface area (Å²) in [5.74, 6) is 0.837. The highest BCUT2D eigenvalue weighted by atomic mass is 16.3. The number of hydrogen-bond donors (Lipinski definition) is 3. The summed E-state index contributed by atoms with van der Waals surface area (Å²) in [6.07, 6.45) is 14.3. The highest BCUT2D eigenvalue weighted by Crippen LogP contribution is 2.72. The van der Waals surface area contributed by atoms with Gasteiger partial charge < -0.3 is 15.7 Å². The Hall–Kier alpha value is -3.05. The Morgan fingerprint density at radius 1 is 1.11 bits per heavy atom. The minimum Gasteiger partial charge on any atom is -0.508 e. The first-order valence-electron chi connectivity index (χ1n) is 14.1. The maximum Gasteiger partial charge on any atom is 0.251 e. The molecule has 192 valence electrons. The molecule has 37 heavy (non-hydrogen) atoms. The van der Waals surface area contributed by atoms with Crippen LogP contribution in [0.15, 0.2) is 72.5 Å². The van der Waals surface area contributed by atoms with E-state index in [1.165, 1.54) is 23.1 Å². The molecule has 1 saturated heterocycles. The number of phenolic OH excluding ortho intramolecular Hbond substituents is 1. The average molecular weight is 496 g/mol. The van der Waals surface area contributed by atoms with E-state index in [-0.39, 0.29) is 22.8 Å². The number of hydrogen-bond acceptors (Lipinski definition) is 4. The molecule has 5 atom stereocenters. The quantitative estimate of drug-likeness (QED) is 0.564. The minimum absolute atomic E-state index is 0.0295. The molecular weight excluding hydrogens is 458 g/mol. The molecular formula is C32H37N3O2. The molecule has 5 heteroatoms. The second-order valence-corrected chi connectivity index (χ2v) is 11.9. The summed E-state index contributed by atoms with van der Waals surface area (Å²) in [6.45, 7) is 3.15. The third-order valence-electron chi connectivity index (χ3n) is 10.6. The van der Waals surface area contributed by atoms with Crippen molar-refractivity contribution in [1.82, 2.24) is 15.5 Å². The number of nitrogens with one attached hydrogen (secondary N) is 2. The van der Waals surface area contributed by atoms with Crippen molar-refractivity contribution >= 4 is 5.91 Å². The van der Waals surface area contributed by atoms with E-state index >= 15 is 0 Å². The third-order valence-corrected chi connectivity index (χ3v) is 10.6. The summed E-state index contributed by atoms with van der Waals surface area (Å²) >= 11 is 0. The molecule has 2 aliphatic heterocycles. The maximum atomic E-state index is 13.2. The summed E-state index contributed by atoms with van der Waals surface area (Å²) in [6, 6.07) is 16.5. The van der Waals surface area contributed by atoms with E-state index in [1.54, 1.807) is 0 Å². The molecule has 5 nitrogen and oxygen atoms in total. The standard InChI is InChI=1S/C32H37N3O2/c36-25-9-8-24-19-29-31-13-10-26(28(11-14-31)34-30(37)23-6-2-1-3-7-23)32(31,27(24)20-25)15-18-35(29)17-12-22-5-4-16-33-21-22/h1-9,16,20,26,28-29,33,36H,10-15,17-19,21H2,(H,34,37). The second kappa shape index (κ2) is 8.76. The predicted molar refractivity (Wildman–Crippen MR) is 145 cm³/mol. The van der Waals surface area contributed by atoms with Crippen LogP contribution in [0.25, 0.3) is 0 Å². The Kier molecular flexibility index (Phi) is 5.47. The van der Waals surface area contributed by atoms with Gasteiger partial charge in [-0.2, -0.15) is 0 Å². The van der Waals surface area contributed by atoms with E-state index in [4.69, 9.17) is 0 Å². The van der Waals surface area contributed by atoms with Gasteiger partial charge in [0.15, 0.2) is 0 Å². The van der Waals surface area contributed by atoms with Gasteiger partial charge in [-0.25, -0.2) is 0 Å². The van der Waals surface area contributed by atoms with E-state index in [0.29, 0.717) is 17.7 Å². The van der Waals surface area contributed by atoms with Crippen molar-refractivity contribution in [2.24, 2.45) is 11.3 Å². The molecule has 2 saturated carbocycles. The summed E-state index contributed by atoms with van der Waals surface area (Å²) in [5, 5.41) is 17.4. The molecule has 0 spiro atoms. The fourth-order valence-electron chi connectivity index (χ4n) is 9.18. The van der Waals surface area contributed by atoms with Crippen LogP contribution < -0.4 is 10.6 Å². The smallest absolute Gasteiger partial charge is 0.251 e. The highest BCUT2D eigenvalue weighted by molar-refractivity contribution is 5.94. The number of phenols is 1. The van der Waals surface area contributed by atoms with Crippen molar-refractivity contribution < 1.29 is 9.90 Å². The van der Waals surface area contributed by atoms with Crippen molar-refractivity contribution in [3.63, 3.8) is 0 Å². The molecule has 2 aromatic carbocycles. The Bertz CT molecular complexity index is 1270. The number of rotatable bonds is 5. The number of dihydropyridines is 1. The predicted octanol–water partition coefficient (Wildman–Crippen LogP) is 4.68. The van der Waals surface area contributed by atoms with Gasteiger partial charge >= 0.3 is 0 Å². The molecule has 7 rings (SSSR count). The van der Waals surface area contributed by atoms with Crippen LogP contribution in [0.3, 0.4) is 0 Å². The molecule has 2 heterocycles. The fourth-order valence-corrected chi connectivity index (χ4v) is 9.18. The molecule has 5 unspecified atom stereocenters. The molecule has 4 bridgehead atoms. The number of fused-ring (bicyclic) bond motifs is 1. The van der Waals surface area contributed by atoms with Crippen LogP contribution in [0.4, 0.5) is 0 Å². The zero-order chi connectivity index (χ0) is 25.0. The van der Waals surface area contributed by atoms with Crippen molar-refractivity contribution in [3.8, 4) is 5.75 Å². The number of carbonyl (C=O) groups is 1. The van der Waals surface area contributed by atoms with Gasteiger partial charge in [0.05, 0.1) is 0 Å². The highest BCUT2D eigenvalue weighted by Gasteiger charge is 2.71. The molecule has 1 amide bonds. The molecule has 3 fully saturated rings. The third kappa shape index (κ3) is 3.43. The lowest BCUT2D eigenvalue weighted by Gasteiger charge is -2.66. The number of likely N-dealkylation sites (tertiary alicyclic amines) is 1. The fraction of sp³-hybridized carbons (Fsp3) is 0.469. The SMILES string of the molecule is O=C(NC1CCC23CCC1C21CCN(CCC2=CC=CNC2)C3Cc2ccc(O)cc21)c1ccccc1. The normalized spacial score (nSPS) is 33.6. The van der Waals surface area contributed by atoms with Crippen molar-refractivity contribution in [3.05, 3.63) is 89.1 Å². The Morgan fingerprint density at radius 3 is 2.81 bits per heavy atom. The van der Waals surface area contributed by atoms with Crippen LogP contribution in [0.1, 0.15) is 60.0 Å². The van der Waals surface area contributed by atoms with Crippen molar-refractivity contribution in [1.29, 1.82) is 0 Å². The van der Waals surface area contributed by atoms with Gasteiger partial charge in [-0.05, 0) is 116 Å². The van der Waals surface area contributed by atoms with Gasteiger partial charge in [-0.3, -0.25) is 9.69 Å². The van der Waals surface area contributed by atoms with Gasteiger partial charge in [0.25, 0.3) is 5.91 Å². The second-order valence-electron chi connectivity index (χ2n) is 11.9. The summed E-state index contributed by atoms with van der Waals surface area (Å²) < 4.78 is 0. The lowest BCUT2D eigenvalue weighted by molar-refractivity contribution is -0.0931. The number of amides is 1. The molecule has 2 aromatic rings. The first kappa shape index (κ1) is 23.1. The van der Waals surface area contributed by atoms with Crippen LogP contribution in [0.2, 0.25) is 0 Å². The topological polar surface area (TPSA) is 64.6 Å². The van der Waals surface area contributed by atoms with Gasteiger partial charge in [0, 0.05) is 36.2 Å². The molecule has 3 N–H and O–H groups in total. The first-order valence-corrected chi connectivity index (χ1v) is 14.1. The zero-order valence-electron chi connectivity index (χ0n) is 21.5. The average Bonchev–Trinajstić information content (AvgIpc) is 3.19. The van der Waals surface area contributed by atoms with Gasteiger partial charge in [0.2, 0.25) is 0 Å². The van der Waals surface area contributed by atoms with Crippen LogP contribution in [0.5, 0.6) is 5.75 Å². The lowest BCUT2D eigenvalue weighted by Crippen LogP contribution is -2.70. The van der Waals surface area contributed by atoms with Crippen LogP contribution >= 0.6 is 0 Å². The number of aromatic hydroxyl groups is 1. The van der Waals surface area contributed by atoms with E-state index in [9.17, 15) is 9.90 Å². The van der Waals surface area contributed by atoms with Crippen LogP contribution in [0, 0.1) is 11.3 Å². The number of carbonyl (C=O) groups excluding carboxylic acids is 1. The first-order chi connectivity index (χ1) is 18.1. The van der Waals surface area contributed by atoms with Crippen molar-refractivity contribution in [2.45, 2.75) is 62.4 Å². The summed E-state index contributed by atoms with van der Waals surface area (Å²) in [7, 11) is 0. The summed E-state index contributed by atoms with van der Waals surface area (Å²) in [4.78, 5) is 16.0. The van der Waals surface area contributed by atoms with E-state index in [1.807, 2.05) is 42.6 Å². The monoisotopic (exact) mass is 495 g/mol. The Labute approximate surface area is 219 Å². The van der Waals surface area contributed by atoms with E-state index in [0.717, 1.165) is 63.7 Å². The molecule has 3 aliphatic carbocycles. The maximum absolute atomic E-state index is 13.2. The molecule has 0 aromatic heterocycles. The zero-order valence-corrected chi connectivity index (χ0v) is 21.5. The lowest BCUT2D eigenvalue weighted by atomic mass is 9.43. The number of allylic oxidation sites excluding steroid dienone is 2. The van der Waals surface area contributed by atoms with Gasteiger partial charge in [-0.15, -0.1) is 0 Å². The van der Waals surface area contributed by atoms with Gasteiger partial charge in [0.1, 0.15) is 5.75 Å². The van der Waals surface area contributed by atoms with E-state index in [2.05, 4.69) is 39.8 Å². The molecule has 0 radical (unpaired) electrons. The summed E-state index contributed by atoms with van der Waals surface area (Å²) in [5.41, 5.74) is 5.27. The Balaban J connectivity index is 1.23. The van der Waals surface area contributed by atoms with Crippen LogP contribution in [-0.2, 0) is 11.8 Å². The van der Waals surface area contributed by atoms with E-state index < -0.39 is 0 Å². The molecule has 5 aliphatic rings. The number of benzene rings is 2. The Morgan fingerprint density at radius 2 is 1.97 bits per heavy atom. The van der Waals surface area contributed by atoms with Crippen molar-refractivity contribution in [2.75, 3.05) is 19.6 Å².